The van der Waals surface area contributed by atoms with E-state index in [1.165, 1.54) is 13.2 Å². The van der Waals surface area contributed by atoms with Crippen molar-refractivity contribution < 1.29 is 24.0 Å². The summed E-state index contributed by atoms with van der Waals surface area (Å²) in [5, 5.41) is 15.0. The minimum Gasteiger partial charge on any atom is -0.480 e. The van der Waals surface area contributed by atoms with E-state index in [1.807, 2.05) is 6.92 Å². The summed E-state index contributed by atoms with van der Waals surface area (Å²) in [4.78, 5) is 22.8. The second kappa shape index (κ2) is 7.52. The molecule has 0 aromatic carbocycles. The van der Waals surface area contributed by atoms with Crippen molar-refractivity contribution in [3.63, 3.8) is 0 Å². The number of hydrogen-bond donors (Lipinski definition) is 2. The Labute approximate surface area is 110 Å². The number of nitrogens with one attached hydrogen (secondary N) is 1. The van der Waals surface area contributed by atoms with Crippen molar-refractivity contribution in [2.45, 2.75) is 38.8 Å². The van der Waals surface area contributed by atoms with Crippen LogP contribution < -0.4 is 5.32 Å². The molecule has 19 heavy (non-hydrogen) atoms. The molecule has 7 heteroatoms. The molecule has 0 saturated heterocycles. The topological polar surface area (TPSA) is 102 Å². The Balaban J connectivity index is 2.62. The van der Waals surface area contributed by atoms with Crippen LogP contribution >= 0.6 is 0 Å². The van der Waals surface area contributed by atoms with Gasteiger partial charge < -0.3 is 19.7 Å². The Bertz CT molecular complexity index is 430. The molecular formula is C12H18N2O5. The molecule has 0 bridgehead atoms. The van der Waals surface area contributed by atoms with E-state index in [4.69, 9.17) is 14.4 Å². The van der Waals surface area contributed by atoms with Crippen LogP contribution in [0.25, 0.3) is 0 Å². The van der Waals surface area contributed by atoms with Gasteiger partial charge in [0.1, 0.15) is 12.6 Å². The third-order valence-corrected chi connectivity index (χ3v) is 2.53. The number of carbonyl (C=O) groups is 2. The van der Waals surface area contributed by atoms with E-state index >= 15 is 0 Å². The van der Waals surface area contributed by atoms with Crippen LogP contribution in [0.15, 0.2) is 10.6 Å². The number of rotatable bonds is 8. The molecule has 1 rings (SSSR count). The number of aliphatic carboxylic acids is 1. The molecule has 1 heterocycles. The van der Waals surface area contributed by atoms with Crippen LogP contribution in [0.3, 0.4) is 0 Å². The van der Waals surface area contributed by atoms with E-state index in [1.54, 1.807) is 0 Å². The molecule has 0 spiro atoms. The molecule has 7 nitrogen and oxygen atoms in total. The Morgan fingerprint density at radius 2 is 2.32 bits per heavy atom. The molecule has 1 atom stereocenters. The van der Waals surface area contributed by atoms with Crippen LogP contribution in [-0.2, 0) is 16.1 Å². The lowest BCUT2D eigenvalue weighted by Gasteiger charge is -2.12. The van der Waals surface area contributed by atoms with Gasteiger partial charge in [0.15, 0.2) is 11.5 Å². The number of carboxylic acids is 1. The van der Waals surface area contributed by atoms with Crippen LogP contribution in [0.2, 0.25) is 0 Å². The zero-order chi connectivity index (χ0) is 14.3. The average Bonchev–Trinajstić information content (AvgIpc) is 2.83. The number of nitrogens with zero attached hydrogens (tertiary/aromatic N) is 1. The summed E-state index contributed by atoms with van der Waals surface area (Å²) >= 11 is 0. The van der Waals surface area contributed by atoms with Gasteiger partial charge in [-0.3, -0.25) is 4.79 Å². The lowest BCUT2D eigenvalue weighted by atomic mass is 10.1. The first-order valence-electron chi connectivity index (χ1n) is 6.06. The van der Waals surface area contributed by atoms with E-state index in [0.29, 0.717) is 12.2 Å². The van der Waals surface area contributed by atoms with Crippen molar-refractivity contribution in [3.05, 3.63) is 17.5 Å². The van der Waals surface area contributed by atoms with Crippen LogP contribution in [0.5, 0.6) is 0 Å². The van der Waals surface area contributed by atoms with Gasteiger partial charge in [-0.1, -0.05) is 24.9 Å². The van der Waals surface area contributed by atoms with Crippen molar-refractivity contribution in [1.82, 2.24) is 10.5 Å². The monoisotopic (exact) mass is 270 g/mol. The standard InChI is InChI=1S/C12H18N2O5/c1-3-4-5-9(12(16)17)13-11(15)10-6-8(7-18-2)19-14-10/h6,9H,3-5,7H2,1-2H3,(H,13,15)(H,16,17). The van der Waals surface area contributed by atoms with Gasteiger partial charge in [-0.15, -0.1) is 0 Å². The summed E-state index contributed by atoms with van der Waals surface area (Å²) in [5.74, 6) is -1.20. The SMILES string of the molecule is CCCCC(NC(=O)c1cc(COC)on1)C(=O)O. The maximum Gasteiger partial charge on any atom is 0.326 e. The largest absolute Gasteiger partial charge is 0.480 e. The first-order chi connectivity index (χ1) is 9.08. The minimum absolute atomic E-state index is 0.0507. The van der Waals surface area contributed by atoms with Gasteiger partial charge in [0.05, 0.1) is 0 Å². The first-order valence-corrected chi connectivity index (χ1v) is 6.06. The fraction of sp³-hybridized carbons (Fsp3) is 0.583. The molecule has 2 N–H and O–H groups in total. The van der Waals surface area contributed by atoms with Crippen molar-refractivity contribution in [1.29, 1.82) is 0 Å². The number of carbonyl (C=O) groups excluding carboxylic acids is 1. The van der Waals surface area contributed by atoms with Crippen molar-refractivity contribution >= 4 is 11.9 Å². The van der Waals surface area contributed by atoms with Crippen LogP contribution in [0.1, 0.15) is 42.4 Å². The maximum absolute atomic E-state index is 11.8. The highest BCUT2D eigenvalue weighted by atomic mass is 16.5. The number of hydrogen-bond acceptors (Lipinski definition) is 5. The maximum atomic E-state index is 11.8. The Morgan fingerprint density at radius 3 is 2.89 bits per heavy atom. The van der Waals surface area contributed by atoms with E-state index in [-0.39, 0.29) is 12.3 Å². The third kappa shape index (κ3) is 4.70. The number of carboxylic acid groups (broad SMARTS) is 1. The van der Waals surface area contributed by atoms with Crippen LogP contribution in [0, 0.1) is 0 Å². The van der Waals surface area contributed by atoms with Crippen LogP contribution in [0.4, 0.5) is 0 Å². The number of amides is 1. The molecular weight excluding hydrogens is 252 g/mol. The molecule has 0 aliphatic heterocycles. The van der Waals surface area contributed by atoms with E-state index in [9.17, 15) is 9.59 Å². The van der Waals surface area contributed by atoms with E-state index in [2.05, 4.69) is 10.5 Å². The van der Waals surface area contributed by atoms with E-state index in [0.717, 1.165) is 12.8 Å². The van der Waals surface area contributed by atoms with Crippen molar-refractivity contribution in [2.24, 2.45) is 0 Å². The van der Waals surface area contributed by atoms with Gasteiger partial charge >= 0.3 is 5.97 Å². The quantitative estimate of drug-likeness (QED) is 0.735. The fourth-order valence-corrected chi connectivity index (χ4v) is 1.53. The molecule has 0 fully saturated rings. The molecule has 106 valence electrons. The highest BCUT2D eigenvalue weighted by molar-refractivity contribution is 5.94. The summed E-state index contributed by atoms with van der Waals surface area (Å²) < 4.78 is 9.70. The predicted molar refractivity (Wildman–Crippen MR) is 65.6 cm³/mol. The zero-order valence-electron chi connectivity index (χ0n) is 11.0. The lowest BCUT2D eigenvalue weighted by Crippen LogP contribution is -2.40. The Hall–Kier alpha value is -1.89. The average molecular weight is 270 g/mol. The van der Waals surface area contributed by atoms with Crippen molar-refractivity contribution in [2.75, 3.05) is 7.11 Å². The molecule has 1 amide bonds. The number of unbranched alkanes of at least 4 members (excludes halogenated alkanes) is 1. The van der Waals surface area contributed by atoms with Gasteiger partial charge in [-0.2, -0.15) is 0 Å². The highest BCUT2D eigenvalue weighted by Gasteiger charge is 2.22. The number of aromatic nitrogens is 1. The number of ether oxygens (including phenoxy) is 1. The summed E-state index contributed by atoms with van der Waals surface area (Å²) in [5.41, 5.74) is 0.0507. The Morgan fingerprint density at radius 1 is 1.58 bits per heavy atom. The molecule has 1 aromatic rings. The lowest BCUT2D eigenvalue weighted by molar-refractivity contribution is -0.139. The molecule has 0 saturated carbocycles. The number of methoxy groups -OCH3 is 1. The smallest absolute Gasteiger partial charge is 0.326 e. The first kappa shape index (κ1) is 15.2. The minimum atomic E-state index is -1.05. The normalized spacial score (nSPS) is 12.1. The van der Waals surface area contributed by atoms with Crippen LogP contribution in [-0.4, -0.2) is 35.3 Å². The van der Waals surface area contributed by atoms with E-state index < -0.39 is 17.9 Å². The van der Waals surface area contributed by atoms with Gasteiger partial charge in [0.2, 0.25) is 0 Å². The summed E-state index contributed by atoms with van der Waals surface area (Å²) in [6.45, 7) is 2.16. The summed E-state index contributed by atoms with van der Waals surface area (Å²) in [7, 11) is 1.49. The highest BCUT2D eigenvalue weighted by Crippen LogP contribution is 2.07. The second-order valence-corrected chi connectivity index (χ2v) is 4.12. The van der Waals surface area contributed by atoms with Gasteiger partial charge in [-0.05, 0) is 6.42 Å². The summed E-state index contributed by atoms with van der Waals surface area (Å²) in [6, 6.07) is 0.521. The third-order valence-electron chi connectivity index (χ3n) is 2.53. The Kier molecular flexibility index (Phi) is 6.01. The molecule has 1 unspecified atom stereocenters. The predicted octanol–water partition coefficient (Wildman–Crippen LogP) is 1.19. The fourth-order valence-electron chi connectivity index (χ4n) is 1.53. The van der Waals surface area contributed by atoms with Gasteiger partial charge in [0.25, 0.3) is 5.91 Å². The summed E-state index contributed by atoms with van der Waals surface area (Å²) in [6.07, 6.45) is 1.98. The van der Waals surface area contributed by atoms with Crippen molar-refractivity contribution in [3.8, 4) is 0 Å². The van der Waals surface area contributed by atoms with Gasteiger partial charge in [0, 0.05) is 13.2 Å². The molecule has 0 aliphatic carbocycles. The molecule has 0 radical (unpaired) electrons. The van der Waals surface area contributed by atoms with Gasteiger partial charge in [-0.25, -0.2) is 4.79 Å². The zero-order valence-corrected chi connectivity index (χ0v) is 11.0. The molecule has 0 aliphatic rings. The second-order valence-electron chi connectivity index (χ2n) is 4.12. The molecule has 1 aromatic heterocycles.